The van der Waals surface area contributed by atoms with Crippen LogP contribution in [0.2, 0.25) is 0 Å². The van der Waals surface area contributed by atoms with Crippen LogP contribution in [0.3, 0.4) is 0 Å². The molecule has 1 atom stereocenters. The fraction of sp³-hybridized carbons (Fsp3) is 0.625. The number of halogens is 1. The van der Waals surface area contributed by atoms with Gasteiger partial charge in [0.1, 0.15) is 5.82 Å². The Balaban J connectivity index is 1.62. The van der Waals surface area contributed by atoms with Crippen LogP contribution in [-0.4, -0.2) is 6.54 Å². The molecule has 1 aromatic rings. The summed E-state index contributed by atoms with van der Waals surface area (Å²) in [7, 11) is 0. The van der Waals surface area contributed by atoms with Gasteiger partial charge in [0.2, 0.25) is 0 Å². The minimum atomic E-state index is -0.129. The number of benzene rings is 1. The molecule has 1 unspecified atom stereocenters. The average Bonchev–Trinajstić information content (AvgIpc) is 3.24. The third-order valence-corrected chi connectivity index (χ3v) is 4.70. The largest absolute Gasteiger partial charge is 0.309 e. The minimum Gasteiger partial charge on any atom is -0.309 e. The van der Waals surface area contributed by atoms with Crippen LogP contribution in [0.4, 0.5) is 4.39 Å². The molecule has 0 aliphatic heterocycles. The van der Waals surface area contributed by atoms with Gasteiger partial charge in [-0.15, -0.1) is 0 Å². The lowest BCUT2D eigenvalue weighted by Gasteiger charge is -2.22. The van der Waals surface area contributed by atoms with E-state index >= 15 is 0 Å². The van der Waals surface area contributed by atoms with E-state index in [0.29, 0.717) is 11.5 Å². The molecule has 1 aromatic carbocycles. The summed E-state index contributed by atoms with van der Waals surface area (Å²) in [6, 6.07) is 7.32. The van der Waals surface area contributed by atoms with Crippen molar-refractivity contribution in [2.45, 2.75) is 45.1 Å². The maximum Gasteiger partial charge on any atom is 0.123 e. The fourth-order valence-electron chi connectivity index (χ4n) is 3.13. The van der Waals surface area contributed by atoms with E-state index in [1.54, 1.807) is 6.07 Å². The Kier molecular flexibility index (Phi) is 3.14. The molecule has 2 aliphatic carbocycles. The molecule has 18 heavy (non-hydrogen) atoms. The number of rotatable bonds is 6. The van der Waals surface area contributed by atoms with Gasteiger partial charge in [0.15, 0.2) is 0 Å². The standard InChI is InChI=1S/C16H22FN/c1-2-15(12-4-3-5-14(17)10-12)18-11-16(8-9-16)13-6-7-13/h3-5,10,13,15,18H,2,6-9,11H2,1H3. The average molecular weight is 247 g/mol. The van der Waals surface area contributed by atoms with Gasteiger partial charge in [-0.05, 0) is 61.1 Å². The summed E-state index contributed by atoms with van der Waals surface area (Å²) in [6.07, 6.45) is 6.66. The molecule has 2 heteroatoms. The summed E-state index contributed by atoms with van der Waals surface area (Å²) in [6.45, 7) is 3.28. The molecule has 0 heterocycles. The highest BCUT2D eigenvalue weighted by Gasteiger charge is 2.53. The summed E-state index contributed by atoms with van der Waals surface area (Å²) in [4.78, 5) is 0. The third-order valence-electron chi connectivity index (χ3n) is 4.70. The highest BCUT2D eigenvalue weighted by molar-refractivity contribution is 5.20. The van der Waals surface area contributed by atoms with Gasteiger partial charge in [-0.25, -0.2) is 4.39 Å². The van der Waals surface area contributed by atoms with Gasteiger partial charge in [0, 0.05) is 12.6 Å². The topological polar surface area (TPSA) is 12.0 Å². The lowest BCUT2D eigenvalue weighted by molar-refractivity contribution is 0.369. The first kappa shape index (κ1) is 12.2. The first-order valence-electron chi connectivity index (χ1n) is 7.22. The van der Waals surface area contributed by atoms with Crippen LogP contribution in [0.5, 0.6) is 0 Å². The number of nitrogens with one attached hydrogen (secondary N) is 1. The zero-order valence-corrected chi connectivity index (χ0v) is 11.1. The lowest BCUT2D eigenvalue weighted by Crippen LogP contribution is -2.29. The quantitative estimate of drug-likeness (QED) is 0.799. The Morgan fingerprint density at radius 3 is 2.72 bits per heavy atom. The predicted octanol–water partition coefficient (Wildman–Crippen LogP) is 4.06. The van der Waals surface area contributed by atoms with Crippen molar-refractivity contribution in [1.82, 2.24) is 5.32 Å². The van der Waals surface area contributed by atoms with E-state index in [4.69, 9.17) is 0 Å². The smallest absolute Gasteiger partial charge is 0.123 e. The molecule has 3 rings (SSSR count). The first-order valence-corrected chi connectivity index (χ1v) is 7.22. The van der Waals surface area contributed by atoms with E-state index in [2.05, 4.69) is 12.2 Å². The van der Waals surface area contributed by atoms with E-state index in [1.165, 1.54) is 31.7 Å². The van der Waals surface area contributed by atoms with E-state index in [-0.39, 0.29) is 5.82 Å². The van der Waals surface area contributed by atoms with E-state index in [1.807, 2.05) is 12.1 Å². The highest BCUT2D eigenvalue weighted by Crippen LogP contribution is 2.61. The van der Waals surface area contributed by atoms with Crippen molar-refractivity contribution in [2.24, 2.45) is 11.3 Å². The van der Waals surface area contributed by atoms with Gasteiger partial charge in [-0.3, -0.25) is 0 Å². The maximum atomic E-state index is 13.3. The Morgan fingerprint density at radius 1 is 1.39 bits per heavy atom. The van der Waals surface area contributed by atoms with Crippen LogP contribution in [0.15, 0.2) is 24.3 Å². The maximum absolute atomic E-state index is 13.3. The number of hydrogen-bond donors (Lipinski definition) is 1. The van der Waals surface area contributed by atoms with Gasteiger partial charge in [0.25, 0.3) is 0 Å². The molecule has 98 valence electrons. The van der Waals surface area contributed by atoms with Crippen molar-refractivity contribution in [3.63, 3.8) is 0 Å². The monoisotopic (exact) mass is 247 g/mol. The van der Waals surface area contributed by atoms with Crippen molar-refractivity contribution in [3.05, 3.63) is 35.6 Å². The van der Waals surface area contributed by atoms with Crippen molar-refractivity contribution in [3.8, 4) is 0 Å². The molecule has 0 amide bonds. The second-order valence-electron chi connectivity index (χ2n) is 6.03. The summed E-state index contributed by atoms with van der Waals surface area (Å²) in [5.41, 5.74) is 1.70. The molecular weight excluding hydrogens is 225 g/mol. The molecular formula is C16H22FN. The Morgan fingerprint density at radius 2 is 2.17 bits per heavy atom. The zero-order chi connectivity index (χ0) is 12.6. The van der Waals surface area contributed by atoms with Crippen LogP contribution >= 0.6 is 0 Å². The van der Waals surface area contributed by atoms with E-state index < -0.39 is 0 Å². The Bertz CT molecular complexity index is 421. The summed E-state index contributed by atoms with van der Waals surface area (Å²) < 4.78 is 13.3. The minimum absolute atomic E-state index is 0.129. The van der Waals surface area contributed by atoms with E-state index in [0.717, 1.165) is 24.4 Å². The lowest BCUT2D eigenvalue weighted by atomic mass is 9.98. The molecule has 1 nitrogen and oxygen atoms in total. The van der Waals surface area contributed by atoms with Crippen molar-refractivity contribution < 1.29 is 4.39 Å². The molecule has 0 saturated heterocycles. The highest BCUT2D eigenvalue weighted by atomic mass is 19.1. The molecule has 0 spiro atoms. The number of hydrogen-bond acceptors (Lipinski definition) is 1. The fourth-order valence-corrected chi connectivity index (χ4v) is 3.13. The third kappa shape index (κ3) is 2.44. The van der Waals surface area contributed by atoms with Crippen molar-refractivity contribution in [2.75, 3.05) is 6.54 Å². The van der Waals surface area contributed by atoms with Crippen LogP contribution < -0.4 is 5.32 Å². The second-order valence-corrected chi connectivity index (χ2v) is 6.03. The molecule has 2 aliphatic rings. The predicted molar refractivity (Wildman–Crippen MR) is 71.8 cm³/mol. The molecule has 0 bridgehead atoms. The molecule has 0 aromatic heterocycles. The molecule has 2 fully saturated rings. The SMILES string of the molecule is CCC(NCC1(C2CC2)CC1)c1cccc(F)c1. The van der Waals surface area contributed by atoms with Gasteiger partial charge in [-0.2, -0.15) is 0 Å². The normalized spacial score (nSPS) is 22.8. The molecule has 2 saturated carbocycles. The van der Waals surface area contributed by atoms with Gasteiger partial charge in [-0.1, -0.05) is 19.1 Å². The van der Waals surface area contributed by atoms with Crippen molar-refractivity contribution in [1.29, 1.82) is 0 Å². The van der Waals surface area contributed by atoms with Gasteiger partial charge in [0.05, 0.1) is 0 Å². The van der Waals surface area contributed by atoms with Crippen LogP contribution in [0.1, 0.15) is 50.6 Å². The van der Waals surface area contributed by atoms with Crippen LogP contribution in [0.25, 0.3) is 0 Å². The summed E-state index contributed by atoms with van der Waals surface area (Å²) >= 11 is 0. The summed E-state index contributed by atoms with van der Waals surface area (Å²) in [5, 5.41) is 3.67. The van der Waals surface area contributed by atoms with Crippen molar-refractivity contribution >= 4 is 0 Å². The molecule has 1 N–H and O–H groups in total. The van der Waals surface area contributed by atoms with Gasteiger partial charge >= 0.3 is 0 Å². The Labute approximate surface area is 109 Å². The van der Waals surface area contributed by atoms with E-state index in [9.17, 15) is 4.39 Å². The molecule has 0 radical (unpaired) electrons. The Hall–Kier alpha value is -0.890. The van der Waals surface area contributed by atoms with Gasteiger partial charge < -0.3 is 5.32 Å². The zero-order valence-electron chi connectivity index (χ0n) is 11.1. The van der Waals surface area contributed by atoms with Crippen LogP contribution in [0, 0.1) is 17.2 Å². The second kappa shape index (κ2) is 4.65. The first-order chi connectivity index (χ1) is 8.73. The van der Waals surface area contributed by atoms with Crippen LogP contribution in [-0.2, 0) is 0 Å². The summed E-state index contributed by atoms with van der Waals surface area (Å²) in [5.74, 6) is 0.853.